The number of allylic oxidation sites excluding steroid dienone is 7. The van der Waals surface area contributed by atoms with Crippen molar-refractivity contribution in [3.8, 4) is 0 Å². The van der Waals surface area contributed by atoms with Gasteiger partial charge in [0.25, 0.3) is 0 Å². The molecule has 7 unspecified atom stereocenters. The first-order chi connectivity index (χ1) is 27.3. The SMILES string of the molecule is CCCCCC/C=C\CCCCCCCC(=O)NC(COC1OC(CO)C(O)C(O)C1O)C(O)/C=C/CC/C=C/CC/C=C/CCCCCCCCCCCC. The van der Waals surface area contributed by atoms with Gasteiger partial charge in [0.1, 0.15) is 24.4 Å². The van der Waals surface area contributed by atoms with Gasteiger partial charge in [-0.1, -0.05) is 159 Å². The summed E-state index contributed by atoms with van der Waals surface area (Å²) < 4.78 is 11.2. The van der Waals surface area contributed by atoms with E-state index in [0.29, 0.717) is 6.42 Å². The normalized spacial score (nSPS) is 21.6. The third kappa shape index (κ3) is 27.7. The van der Waals surface area contributed by atoms with Gasteiger partial charge >= 0.3 is 0 Å². The van der Waals surface area contributed by atoms with Crippen LogP contribution in [0.3, 0.4) is 0 Å². The lowest BCUT2D eigenvalue weighted by Crippen LogP contribution is -2.60. The summed E-state index contributed by atoms with van der Waals surface area (Å²) in [6.07, 6.45) is 40.1. The van der Waals surface area contributed by atoms with Crippen molar-refractivity contribution in [3.05, 3.63) is 48.6 Å². The number of amides is 1. The third-order valence-electron chi connectivity index (χ3n) is 10.6. The van der Waals surface area contributed by atoms with Crippen LogP contribution in [-0.2, 0) is 14.3 Å². The van der Waals surface area contributed by atoms with Gasteiger partial charge in [-0.15, -0.1) is 0 Å². The number of nitrogens with one attached hydrogen (secondary N) is 1. The smallest absolute Gasteiger partial charge is 0.220 e. The van der Waals surface area contributed by atoms with Gasteiger partial charge in [-0.2, -0.15) is 0 Å². The van der Waals surface area contributed by atoms with Crippen LogP contribution in [0.2, 0.25) is 0 Å². The van der Waals surface area contributed by atoms with E-state index in [1.807, 2.05) is 6.08 Å². The molecule has 0 bridgehead atoms. The molecular weight excluding hydrogens is 707 g/mol. The molecule has 1 fully saturated rings. The van der Waals surface area contributed by atoms with E-state index in [1.54, 1.807) is 6.08 Å². The zero-order chi connectivity index (χ0) is 40.9. The van der Waals surface area contributed by atoms with Gasteiger partial charge < -0.3 is 40.3 Å². The fraction of sp³-hybridized carbons (Fsp3) is 0.809. The molecule has 6 N–H and O–H groups in total. The van der Waals surface area contributed by atoms with E-state index < -0.39 is 49.5 Å². The lowest BCUT2D eigenvalue weighted by Gasteiger charge is -2.40. The number of carbonyl (C=O) groups excluding carboxylic acids is 1. The Balaban J connectivity index is 2.41. The number of aliphatic hydroxyl groups is 5. The van der Waals surface area contributed by atoms with Gasteiger partial charge in [-0.25, -0.2) is 0 Å². The fourth-order valence-electron chi connectivity index (χ4n) is 6.89. The molecule has 1 saturated heterocycles. The van der Waals surface area contributed by atoms with Gasteiger partial charge in [0.2, 0.25) is 5.91 Å². The molecule has 7 atom stereocenters. The number of unbranched alkanes of at least 4 members (excludes halogenated alkanes) is 21. The quantitative estimate of drug-likeness (QED) is 0.0269. The van der Waals surface area contributed by atoms with E-state index in [4.69, 9.17) is 9.47 Å². The maximum atomic E-state index is 12.9. The Labute approximate surface area is 342 Å². The van der Waals surface area contributed by atoms with Crippen LogP contribution in [0.5, 0.6) is 0 Å². The van der Waals surface area contributed by atoms with Crippen molar-refractivity contribution in [1.82, 2.24) is 5.32 Å². The number of hydrogen-bond donors (Lipinski definition) is 6. The lowest BCUT2D eigenvalue weighted by molar-refractivity contribution is -0.302. The number of ether oxygens (including phenoxy) is 2. The molecule has 1 rings (SSSR count). The molecule has 9 heteroatoms. The van der Waals surface area contributed by atoms with Crippen LogP contribution in [0.1, 0.15) is 187 Å². The third-order valence-corrected chi connectivity index (χ3v) is 10.6. The van der Waals surface area contributed by atoms with Crippen LogP contribution in [0, 0.1) is 0 Å². The Morgan fingerprint density at radius 2 is 1.02 bits per heavy atom. The molecule has 0 radical (unpaired) electrons. The maximum absolute atomic E-state index is 12.9. The maximum Gasteiger partial charge on any atom is 0.220 e. The highest BCUT2D eigenvalue weighted by Crippen LogP contribution is 2.22. The summed E-state index contributed by atoms with van der Waals surface area (Å²) >= 11 is 0. The Hall–Kier alpha value is -1.85. The van der Waals surface area contributed by atoms with Crippen LogP contribution < -0.4 is 5.32 Å². The molecule has 0 aromatic heterocycles. The van der Waals surface area contributed by atoms with Crippen LogP contribution in [-0.4, -0.2) is 87.5 Å². The second kappa shape index (κ2) is 37.4. The summed E-state index contributed by atoms with van der Waals surface area (Å²) in [4.78, 5) is 12.9. The van der Waals surface area contributed by atoms with Crippen LogP contribution in [0.15, 0.2) is 48.6 Å². The molecule has 0 saturated carbocycles. The van der Waals surface area contributed by atoms with E-state index in [2.05, 4.69) is 55.6 Å². The van der Waals surface area contributed by atoms with E-state index in [9.17, 15) is 30.3 Å². The fourth-order valence-corrected chi connectivity index (χ4v) is 6.89. The average Bonchev–Trinajstić information content (AvgIpc) is 3.20. The van der Waals surface area contributed by atoms with E-state index in [-0.39, 0.29) is 12.5 Å². The number of rotatable bonds is 37. The highest BCUT2D eigenvalue weighted by Gasteiger charge is 2.44. The van der Waals surface area contributed by atoms with Crippen molar-refractivity contribution in [1.29, 1.82) is 0 Å². The summed E-state index contributed by atoms with van der Waals surface area (Å²) in [6.45, 7) is 3.72. The molecule has 56 heavy (non-hydrogen) atoms. The zero-order valence-electron chi connectivity index (χ0n) is 35.6. The monoisotopic (exact) mass is 792 g/mol. The number of aliphatic hydroxyl groups excluding tert-OH is 5. The summed E-state index contributed by atoms with van der Waals surface area (Å²) in [7, 11) is 0. The minimum atomic E-state index is -1.58. The first-order valence-corrected chi connectivity index (χ1v) is 22.9. The van der Waals surface area contributed by atoms with Crippen LogP contribution in [0.4, 0.5) is 0 Å². The molecule has 326 valence electrons. The highest BCUT2D eigenvalue weighted by molar-refractivity contribution is 5.76. The van der Waals surface area contributed by atoms with Gasteiger partial charge in [-0.3, -0.25) is 4.79 Å². The van der Waals surface area contributed by atoms with Gasteiger partial charge in [0, 0.05) is 6.42 Å². The molecule has 1 aliphatic rings. The van der Waals surface area contributed by atoms with Gasteiger partial charge in [0.15, 0.2) is 6.29 Å². The summed E-state index contributed by atoms with van der Waals surface area (Å²) in [5.41, 5.74) is 0. The number of carbonyl (C=O) groups is 1. The molecule has 0 aliphatic carbocycles. The minimum Gasteiger partial charge on any atom is -0.394 e. The molecule has 9 nitrogen and oxygen atoms in total. The lowest BCUT2D eigenvalue weighted by atomic mass is 9.99. The Morgan fingerprint density at radius 3 is 1.52 bits per heavy atom. The van der Waals surface area contributed by atoms with E-state index >= 15 is 0 Å². The minimum absolute atomic E-state index is 0.202. The standard InChI is InChI=1S/C47H85NO8/c1-3-5-7-9-11-13-15-17-18-19-20-21-22-23-25-26-28-30-32-34-36-41(50)40(39-55-47-46(54)45(53)44(52)42(38-49)56-47)48-43(51)37-35-33-31-29-27-24-16-14-12-10-8-6-4-2/h14,16,21-22,26,28,34,36,40-42,44-47,49-50,52-54H,3-13,15,17-20,23-25,27,29-33,35,37-39H2,1-2H3,(H,48,51)/b16-14-,22-21+,28-26+,36-34+. The first kappa shape index (κ1) is 52.2. The van der Waals surface area contributed by atoms with Crippen LogP contribution >= 0.6 is 0 Å². The second-order valence-electron chi connectivity index (χ2n) is 15.8. The summed E-state index contributed by atoms with van der Waals surface area (Å²) in [5.74, 6) is -0.202. The average molecular weight is 792 g/mol. The summed E-state index contributed by atoms with van der Waals surface area (Å²) in [6, 6.07) is -0.831. The number of hydrogen-bond acceptors (Lipinski definition) is 8. The van der Waals surface area contributed by atoms with Crippen LogP contribution in [0.25, 0.3) is 0 Å². The molecule has 1 amide bonds. The van der Waals surface area contributed by atoms with E-state index in [0.717, 1.165) is 64.2 Å². The Morgan fingerprint density at radius 1 is 0.589 bits per heavy atom. The first-order valence-electron chi connectivity index (χ1n) is 22.9. The molecule has 0 aromatic rings. The van der Waals surface area contributed by atoms with Gasteiger partial charge in [0.05, 0.1) is 25.4 Å². The Bertz CT molecular complexity index is 1010. The summed E-state index contributed by atoms with van der Waals surface area (Å²) in [5, 5.41) is 54.1. The molecule has 0 aromatic carbocycles. The van der Waals surface area contributed by atoms with Crippen molar-refractivity contribution in [2.45, 2.75) is 230 Å². The van der Waals surface area contributed by atoms with Crippen molar-refractivity contribution >= 4 is 5.91 Å². The van der Waals surface area contributed by atoms with Crippen molar-refractivity contribution in [2.24, 2.45) is 0 Å². The predicted octanol–water partition coefficient (Wildman–Crippen LogP) is 9.45. The molecule has 0 spiro atoms. The zero-order valence-corrected chi connectivity index (χ0v) is 35.6. The molecule has 1 aliphatic heterocycles. The van der Waals surface area contributed by atoms with Crippen molar-refractivity contribution in [2.75, 3.05) is 13.2 Å². The molecule has 1 heterocycles. The Kier molecular flexibility index (Phi) is 34.9. The van der Waals surface area contributed by atoms with Crippen molar-refractivity contribution < 1.29 is 39.8 Å². The second-order valence-corrected chi connectivity index (χ2v) is 15.8. The predicted molar refractivity (Wildman–Crippen MR) is 230 cm³/mol. The molecular formula is C47H85NO8. The van der Waals surface area contributed by atoms with Gasteiger partial charge in [-0.05, 0) is 70.6 Å². The highest BCUT2D eigenvalue weighted by atomic mass is 16.7. The largest absolute Gasteiger partial charge is 0.394 e. The van der Waals surface area contributed by atoms with E-state index in [1.165, 1.54) is 103 Å². The van der Waals surface area contributed by atoms with Crippen molar-refractivity contribution in [3.63, 3.8) is 0 Å². The topological polar surface area (TPSA) is 149 Å².